The molecule has 2 aromatic rings. The lowest BCUT2D eigenvalue weighted by Crippen LogP contribution is -2.39. The average Bonchev–Trinajstić information content (AvgIpc) is 3.17. The summed E-state index contributed by atoms with van der Waals surface area (Å²) in [5.41, 5.74) is 0.726. The number of halogens is 1. The number of carboxylic acid groups (broad SMARTS) is 1. The maximum atomic E-state index is 13.0. The third-order valence-electron chi connectivity index (χ3n) is 4.15. The Hall–Kier alpha value is -2.29. The summed E-state index contributed by atoms with van der Waals surface area (Å²) in [6.45, 7) is 1.89. The van der Waals surface area contributed by atoms with Gasteiger partial charge in [-0.25, -0.2) is 0 Å². The number of carboxylic acids is 1. The first-order chi connectivity index (χ1) is 13.0. The van der Waals surface area contributed by atoms with Gasteiger partial charge in [0.2, 0.25) is 5.91 Å². The lowest BCUT2D eigenvalue weighted by molar-refractivity contribution is -0.137. The summed E-state index contributed by atoms with van der Waals surface area (Å²) >= 11 is 1.58. The van der Waals surface area contributed by atoms with Crippen LogP contribution >= 0.6 is 23.7 Å². The molecule has 0 saturated carbocycles. The van der Waals surface area contributed by atoms with E-state index in [0.717, 1.165) is 10.6 Å². The van der Waals surface area contributed by atoms with Crippen LogP contribution in [0.25, 0.3) is 0 Å². The van der Waals surface area contributed by atoms with Crippen molar-refractivity contribution in [3.63, 3.8) is 0 Å². The number of benzene rings is 1. The summed E-state index contributed by atoms with van der Waals surface area (Å²) in [6, 6.07) is 9.41. The van der Waals surface area contributed by atoms with E-state index in [-0.39, 0.29) is 31.3 Å². The predicted octanol–water partition coefficient (Wildman–Crippen LogP) is 2.88. The van der Waals surface area contributed by atoms with Crippen LogP contribution in [0, 0.1) is 0 Å². The number of aliphatic carboxylic acids is 1. The Morgan fingerprint density at radius 1 is 1.18 bits per heavy atom. The molecule has 0 atom stereocenters. The highest BCUT2D eigenvalue weighted by Crippen LogP contribution is 2.34. The molecule has 1 aliphatic rings. The Morgan fingerprint density at radius 2 is 1.93 bits per heavy atom. The molecule has 1 amide bonds. The molecule has 0 spiro atoms. The molecule has 152 valence electrons. The number of amides is 1. The minimum Gasteiger partial charge on any atom is -0.486 e. The zero-order valence-corrected chi connectivity index (χ0v) is 17.1. The molecule has 9 heteroatoms. The molecule has 1 aliphatic heterocycles. The SMILES string of the molecule is CN(CCC(=O)O)CC(=O)N(Cc1cccs1)c1ccc2c(c1)OCCO2.Cl. The fraction of sp³-hybridized carbons (Fsp3) is 0.368. The van der Waals surface area contributed by atoms with Crippen molar-refractivity contribution in [3.8, 4) is 11.5 Å². The van der Waals surface area contributed by atoms with Gasteiger partial charge in [0, 0.05) is 23.2 Å². The smallest absolute Gasteiger partial charge is 0.304 e. The van der Waals surface area contributed by atoms with Crippen molar-refractivity contribution in [2.24, 2.45) is 0 Å². The van der Waals surface area contributed by atoms with Crippen molar-refractivity contribution in [2.75, 3.05) is 38.3 Å². The Balaban J connectivity index is 0.00000280. The minimum absolute atomic E-state index is 0. The van der Waals surface area contributed by atoms with Gasteiger partial charge in [-0.1, -0.05) is 6.07 Å². The molecule has 0 radical (unpaired) electrons. The molecular formula is C19H23ClN2O5S. The number of hydrogen-bond donors (Lipinski definition) is 1. The summed E-state index contributed by atoms with van der Waals surface area (Å²) in [5, 5.41) is 10.8. The van der Waals surface area contributed by atoms with Gasteiger partial charge in [-0.3, -0.25) is 14.5 Å². The molecule has 1 N–H and O–H groups in total. The van der Waals surface area contributed by atoms with Crippen LogP contribution in [0.3, 0.4) is 0 Å². The highest BCUT2D eigenvalue weighted by atomic mass is 35.5. The predicted molar refractivity (Wildman–Crippen MR) is 110 cm³/mol. The van der Waals surface area contributed by atoms with Crippen LogP contribution in [0.5, 0.6) is 11.5 Å². The van der Waals surface area contributed by atoms with Gasteiger partial charge < -0.3 is 19.5 Å². The van der Waals surface area contributed by atoms with E-state index < -0.39 is 5.97 Å². The molecule has 0 aliphatic carbocycles. The van der Waals surface area contributed by atoms with Crippen molar-refractivity contribution < 1.29 is 24.2 Å². The molecule has 1 aromatic carbocycles. The molecule has 0 saturated heterocycles. The number of fused-ring (bicyclic) bond motifs is 1. The summed E-state index contributed by atoms with van der Waals surface area (Å²) in [6.07, 6.45) is -0.00126. The minimum atomic E-state index is -0.878. The second-order valence-electron chi connectivity index (χ2n) is 6.27. The Labute approximate surface area is 173 Å². The van der Waals surface area contributed by atoms with Crippen LogP contribution in [0.15, 0.2) is 35.7 Å². The summed E-state index contributed by atoms with van der Waals surface area (Å²) in [7, 11) is 1.74. The quantitative estimate of drug-likeness (QED) is 0.699. The van der Waals surface area contributed by atoms with Gasteiger partial charge in [0.15, 0.2) is 11.5 Å². The Kier molecular flexibility index (Phi) is 8.10. The van der Waals surface area contributed by atoms with Crippen LogP contribution in [-0.4, -0.2) is 55.2 Å². The number of rotatable bonds is 8. The number of hydrogen-bond acceptors (Lipinski definition) is 6. The number of carbonyl (C=O) groups excluding carboxylic acids is 1. The van der Waals surface area contributed by atoms with Gasteiger partial charge >= 0.3 is 5.97 Å². The summed E-state index contributed by atoms with van der Waals surface area (Å²) in [5.74, 6) is 0.318. The first-order valence-corrected chi connectivity index (χ1v) is 9.53. The number of thiophene rings is 1. The number of nitrogens with zero attached hydrogens (tertiary/aromatic N) is 2. The van der Waals surface area contributed by atoms with E-state index in [2.05, 4.69) is 0 Å². The third-order valence-corrected chi connectivity index (χ3v) is 5.01. The van der Waals surface area contributed by atoms with Crippen molar-refractivity contribution >= 4 is 41.3 Å². The zero-order chi connectivity index (χ0) is 19.2. The number of likely N-dealkylation sites (N-methyl/N-ethyl adjacent to an activating group) is 1. The van der Waals surface area contributed by atoms with Crippen LogP contribution in [0.4, 0.5) is 5.69 Å². The third kappa shape index (κ3) is 5.85. The standard InChI is InChI=1S/C19H22N2O5S.ClH/c1-20(7-6-19(23)24)13-18(22)21(12-15-3-2-10-27-15)14-4-5-16-17(11-14)26-9-8-25-16;/h2-5,10-11H,6-9,12-13H2,1H3,(H,23,24);1H. The molecule has 7 nitrogen and oxygen atoms in total. The molecule has 0 bridgehead atoms. The molecule has 2 heterocycles. The van der Waals surface area contributed by atoms with E-state index in [9.17, 15) is 9.59 Å². The highest BCUT2D eigenvalue weighted by Gasteiger charge is 2.21. The van der Waals surface area contributed by atoms with E-state index in [1.165, 1.54) is 0 Å². The second kappa shape index (κ2) is 10.3. The normalized spacial score (nSPS) is 12.4. The van der Waals surface area contributed by atoms with Crippen LogP contribution in [0.1, 0.15) is 11.3 Å². The van der Waals surface area contributed by atoms with Crippen LogP contribution < -0.4 is 14.4 Å². The van der Waals surface area contributed by atoms with Crippen molar-refractivity contribution in [1.82, 2.24) is 4.90 Å². The van der Waals surface area contributed by atoms with Gasteiger partial charge in [0.25, 0.3) is 0 Å². The van der Waals surface area contributed by atoms with Gasteiger partial charge in [0.1, 0.15) is 13.2 Å². The topological polar surface area (TPSA) is 79.3 Å². The van der Waals surface area contributed by atoms with E-state index in [0.29, 0.717) is 37.8 Å². The number of carbonyl (C=O) groups is 2. The van der Waals surface area contributed by atoms with Gasteiger partial charge in [-0.2, -0.15) is 0 Å². The highest BCUT2D eigenvalue weighted by molar-refractivity contribution is 7.09. The molecule has 1 aromatic heterocycles. The van der Waals surface area contributed by atoms with Gasteiger partial charge in [-0.05, 0) is 30.6 Å². The summed E-state index contributed by atoms with van der Waals surface area (Å²) in [4.78, 5) is 28.2. The lowest BCUT2D eigenvalue weighted by Gasteiger charge is -2.27. The Morgan fingerprint density at radius 3 is 2.61 bits per heavy atom. The molecule has 3 rings (SSSR count). The maximum Gasteiger partial charge on any atom is 0.304 e. The van der Waals surface area contributed by atoms with Crippen LogP contribution in [0.2, 0.25) is 0 Å². The lowest BCUT2D eigenvalue weighted by atomic mass is 10.2. The largest absolute Gasteiger partial charge is 0.486 e. The van der Waals surface area contributed by atoms with E-state index in [1.807, 2.05) is 35.7 Å². The number of ether oxygens (including phenoxy) is 2. The van der Waals surface area contributed by atoms with E-state index in [1.54, 1.807) is 28.2 Å². The molecule has 0 fully saturated rings. The van der Waals surface area contributed by atoms with Gasteiger partial charge in [-0.15, -0.1) is 23.7 Å². The first kappa shape index (κ1) is 22.0. The molecular weight excluding hydrogens is 404 g/mol. The van der Waals surface area contributed by atoms with E-state index >= 15 is 0 Å². The zero-order valence-electron chi connectivity index (χ0n) is 15.5. The average molecular weight is 427 g/mol. The fourth-order valence-corrected chi connectivity index (χ4v) is 3.46. The number of anilines is 1. The second-order valence-corrected chi connectivity index (χ2v) is 7.30. The van der Waals surface area contributed by atoms with Gasteiger partial charge in [0.05, 0.1) is 19.5 Å². The fourth-order valence-electron chi connectivity index (χ4n) is 2.76. The maximum absolute atomic E-state index is 13.0. The van der Waals surface area contributed by atoms with Crippen molar-refractivity contribution in [3.05, 3.63) is 40.6 Å². The monoisotopic (exact) mass is 426 g/mol. The van der Waals surface area contributed by atoms with Crippen LogP contribution in [-0.2, 0) is 16.1 Å². The molecule has 28 heavy (non-hydrogen) atoms. The van der Waals surface area contributed by atoms with Crippen molar-refractivity contribution in [2.45, 2.75) is 13.0 Å². The van der Waals surface area contributed by atoms with Crippen molar-refractivity contribution in [1.29, 1.82) is 0 Å². The summed E-state index contributed by atoms with van der Waals surface area (Å²) < 4.78 is 11.2. The first-order valence-electron chi connectivity index (χ1n) is 8.65. The Bertz CT molecular complexity index is 800. The molecule has 0 unspecified atom stereocenters. The van der Waals surface area contributed by atoms with E-state index in [4.69, 9.17) is 14.6 Å².